The van der Waals surface area contributed by atoms with Crippen molar-refractivity contribution in [1.29, 1.82) is 0 Å². The largest absolute Gasteiger partial charge is 0.371 e. The van der Waals surface area contributed by atoms with Crippen LogP contribution in [0, 0.1) is 13.8 Å². The highest BCUT2D eigenvalue weighted by Crippen LogP contribution is 2.35. The topological polar surface area (TPSA) is 124 Å². The molecule has 11 nitrogen and oxygen atoms in total. The maximum Gasteiger partial charge on any atom is 0.332 e. The van der Waals surface area contributed by atoms with Crippen molar-refractivity contribution in [2.75, 3.05) is 6.61 Å². The highest BCUT2D eigenvalue weighted by molar-refractivity contribution is 7.19. The zero-order valence-electron chi connectivity index (χ0n) is 21.3. The van der Waals surface area contributed by atoms with Crippen LogP contribution in [0.2, 0.25) is 0 Å². The molecule has 1 N–H and O–H groups in total. The van der Waals surface area contributed by atoms with Crippen molar-refractivity contribution >= 4 is 27.5 Å². The number of aliphatic hydroxyl groups is 1. The van der Waals surface area contributed by atoms with Gasteiger partial charge < -0.3 is 5.11 Å². The van der Waals surface area contributed by atoms with Crippen LogP contribution >= 0.6 is 11.3 Å². The van der Waals surface area contributed by atoms with Crippen LogP contribution < -0.4 is 11.2 Å². The van der Waals surface area contributed by atoms with Gasteiger partial charge in [-0.05, 0) is 39.8 Å². The second-order valence-corrected chi connectivity index (χ2v) is 10.4. The molecule has 0 aromatic carbocycles. The number of thiophene rings is 1. The number of hydrogen-bond acceptors (Lipinski definition) is 8. The zero-order valence-corrected chi connectivity index (χ0v) is 22.1. The van der Waals surface area contributed by atoms with Crippen LogP contribution in [0.1, 0.15) is 58.5 Å². The van der Waals surface area contributed by atoms with E-state index < -0.39 is 23.4 Å². The van der Waals surface area contributed by atoms with Gasteiger partial charge in [0.15, 0.2) is 12.0 Å². The number of aryl methyl sites for hydroxylation is 1. The second-order valence-electron chi connectivity index (χ2n) is 9.35. The molecule has 1 amide bonds. The monoisotopic (exact) mass is 524 g/mol. The zero-order chi connectivity index (χ0) is 26.6. The number of hydroxylamine groups is 2. The third-order valence-electron chi connectivity index (χ3n) is 6.65. The average Bonchev–Trinajstić information content (AvgIpc) is 3.54. The number of nitrogens with zero attached hydrogens (tertiary/aromatic N) is 6. The molecule has 1 fully saturated rings. The molecule has 1 saturated heterocycles. The Morgan fingerprint density at radius 1 is 1.27 bits per heavy atom. The van der Waals surface area contributed by atoms with E-state index in [2.05, 4.69) is 10.1 Å². The molecule has 1 unspecified atom stereocenters. The quantitative estimate of drug-likeness (QED) is 0.424. The summed E-state index contributed by atoms with van der Waals surface area (Å²) in [4.78, 5) is 51.0. The fourth-order valence-electron chi connectivity index (χ4n) is 4.70. The highest BCUT2D eigenvalue weighted by Gasteiger charge is 2.35. The van der Waals surface area contributed by atoms with Crippen molar-refractivity contribution in [2.24, 2.45) is 7.05 Å². The SMILES string of the molecule is Cc1nn(-c2ccccn2)c(C)c1Cc1sc2c(c1C(=O)N1OCCC1O)c(=O)n(C)c(=O)n2C(C)C. The van der Waals surface area contributed by atoms with E-state index in [9.17, 15) is 19.5 Å². The van der Waals surface area contributed by atoms with Crippen LogP contribution in [0.15, 0.2) is 34.0 Å². The number of carbonyl (C=O) groups excluding carboxylic acids is 1. The minimum absolute atomic E-state index is 0.139. The van der Waals surface area contributed by atoms with Crippen molar-refractivity contribution in [3.8, 4) is 5.82 Å². The Hall–Kier alpha value is -3.61. The summed E-state index contributed by atoms with van der Waals surface area (Å²) in [6.07, 6.45) is 1.14. The predicted octanol–water partition coefficient (Wildman–Crippen LogP) is 2.23. The van der Waals surface area contributed by atoms with Gasteiger partial charge in [-0.2, -0.15) is 10.2 Å². The molecule has 1 atom stereocenters. The lowest BCUT2D eigenvalue weighted by atomic mass is 10.0. The van der Waals surface area contributed by atoms with E-state index in [4.69, 9.17) is 4.84 Å². The molecule has 4 aromatic rings. The molecule has 12 heteroatoms. The van der Waals surface area contributed by atoms with Gasteiger partial charge in [0.2, 0.25) is 0 Å². The number of hydrogen-bond donors (Lipinski definition) is 1. The number of carbonyl (C=O) groups is 1. The first-order valence-electron chi connectivity index (χ1n) is 12.0. The second kappa shape index (κ2) is 9.36. The summed E-state index contributed by atoms with van der Waals surface area (Å²) in [5.74, 6) is 0.0582. The predicted molar refractivity (Wildman–Crippen MR) is 138 cm³/mol. The van der Waals surface area contributed by atoms with E-state index in [-0.39, 0.29) is 30.0 Å². The van der Waals surface area contributed by atoms with Crippen molar-refractivity contribution in [2.45, 2.75) is 52.8 Å². The third kappa shape index (κ3) is 4.01. The van der Waals surface area contributed by atoms with Crippen LogP contribution in [-0.4, -0.2) is 52.8 Å². The molecule has 0 radical (unpaired) electrons. The average molecular weight is 525 g/mol. The van der Waals surface area contributed by atoms with Gasteiger partial charge in [0.1, 0.15) is 4.83 Å². The van der Waals surface area contributed by atoms with Crippen LogP contribution in [0.5, 0.6) is 0 Å². The Morgan fingerprint density at radius 3 is 2.65 bits per heavy atom. The van der Waals surface area contributed by atoms with Gasteiger partial charge in [0.25, 0.3) is 11.5 Å². The summed E-state index contributed by atoms with van der Waals surface area (Å²) < 4.78 is 4.29. The lowest BCUT2D eigenvalue weighted by molar-refractivity contribution is -0.141. The molecule has 194 valence electrons. The molecule has 5 rings (SSSR count). The fourth-order valence-corrected chi connectivity index (χ4v) is 6.12. The summed E-state index contributed by atoms with van der Waals surface area (Å²) in [7, 11) is 1.40. The third-order valence-corrected chi connectivity index (χ3v) is 7.83. The van der Waals surface area contributed by atoms with Gasteiger partial charge in [-0.15, -0.1) is 11.3 Å². The maximum atomic E-state index is 13.8. The number of amides is 1. The van der Waals surface area contributed by atoms with E-state index in [0.29, 0.717) is 21.9 Å². The molecule has 1 aliphatic heterocycles. The Labute approximate surface area is 216 Å². The summed E-state index contributed by atoms with van der Waals surface area (Å²) in [5, 5.41) is 16.1. The van der Waals surface area contributed by atoms with E-state index in [1.165, 1.54) is 23.0 Å². The first kappa shape index (κ1) is 25.1. The molecule has 4 aromatic heterocycles. The van der Waals surface area contributed by atoms with Crippen LogP contribution in [0.4, 0.5) is 0 Å². The first-order valence-corrected chi connectivity index (χ1v) is 12.8. The molecule has 1 aliphatic rings. The molecule has 0 spiro atoms. The van der Waals surface area contributed by atoms with Gasteiger partial charge in [0.05, 0.1) is 23.3 Å². The Morgan fingerprint density at radius 2 is 2.03 bits per heavy atom. The minimum atomic E-state index is -1.12. The Kier molecular flexibility index (Phi) is 6.34. The highest BCUT2D eigenvalue weighted by atomic mass is 32.1. The maximum absolute atomic E-state index is 13.8. The number of rotatable bonds is 5. The normalized spacial score (nSPS) is 15.9. The first-order chi connectivity index (χ1) is 17.6. The molecule has 5 heterocycles. The fraction of sp³-hybridized carbons (Fsp3) is 0.400. The van der Waals surface area contributed by atoms with Crippen molar-refractivity contribution in [1.82, 2.24) is 29.0 Å². The van der Waals surface area contributed by atoms with E-state index in [1.807, 2.05) is 45.9 Å². The van der Waals surface area contributed by atoms with E-state index in [0.717, 1.165) is 26.6 Å². The molecule has 0 saturated carbocycles. The van der Waals surface area contributed by atoms with E-state index in [1.54, 1.807) is 10.9 Å². The standard InChI is InChI=1S/C25H28N6O5S/c1-13(2)29-24-21(22(33)28(5)25(29)35)20(23(34)31-19(32)9-11-36-31)17(37-24)12-16-14(3)27-30(15(16)4)18-8-6-7-10-26-18/h6-8,10,13,19,32H,9,11-12H2,1-5H3. The van der Waals surface area contributed by atoms with Gasteiger partial charge >= 0.3 is 5.69 Å². The van der Waals surface area contributed by atoms with Crippen LogP contribution in [0.25, 0.3) is 16.0 Å². The van der Waals surface area contributed by atoms with Crippen LogP contribution in [-0.2, 0) is 18.3 Å². The summed E-state index contributed by atoms with van der Waals surface area (Å²) in [5.41, 5.74) is 1.61. The number of fused-ring (bicyclic) bond motifs is 1. The lowest BCUT2D eigenvalue weighted by Gasteiger charge is -2.19. The van der Waals surface area contributed by atoms with Gasteiger partial charge in [-0.1, -0.05) is 6.07 Å². The molecular formula is C25H28N6O5S. The summed E-state index contributed by atoms with van der Waals surface area (Å²) in [6.45, 7) is 7.70. The summed E-state index contributed by atoms with van der Waals surface area (Å²) >= 11 is 1.23. The van der Waals surface area contributed by atoms with E-state index >= 15 is 0 Å². The van der Waals surface area contributed by atoms with Gasteiger partial charge in [-0.25, -0.2) is 14.5 Å². The van der Waals surface area contributed by atoms with Gasteiger partial charge in [-0.3, -0.25) is 23.6 Å². The van der Waals surface area contributed by atoms with Crippen molar-refractivity contribution in [3.63, 3.8) is 0 Å². The molecule has 0 aliphatic carbocycles. The summed E-state index contributed by atoms with van der Waals surface area (Å²) in [6, 6.07) is 5.31. The minimum Gasteiger partial charge on any atom is -0.371 e. The molecule has 0 bridgehead atoms. The van der Waals surface area contributed by atoms with Crippen molar-refractivity contribution in [3.05, 3.63) is 72.6 Å². The Bertz CT molecular complexity index is 1630. The lowest BCUT2D eigenvalue weighted by Crippen LogP contribution is -2.40. The Balaban J connectivity index is 1.75. The van der Waals surface area contributed by atoms with Crippen molar-refractivity contribution < 1.29 is 14.7 Å². The number of aromatic nitrogens is 5. The number of aliphatic hydroxyl groups excluding tert-OH is 1. The molecular weight excluding hydrogens is 496 g/mol. The van der Waals surface area contributed by atoms with Crippen LogP contribution in [0.3, 0.4) is 0 Å². The molecule has 37 heavy (non-hydrogen) atoms. The number of pyridine rings is 1. The smallest absolute Gasteiger partial charge is 0.332 e. The van der Waals surface area contributed by atoms with Gasteiger partial charge in [0, 0.05) is 48.3 Å².